The largest absolute Gasteiger partial charge is 0.479 e. The Hall–Kier alpha value is -1.93. The van der Waals surface area contributed by atoms with E-state index in [1.165, 1.54) is 26.8 Å². The van der Waals surface area contributed by atoms with E-state index in [2.05, 4.69) is 67.6 Å². The second-order valence-electron chi connectivity index (χ2n) is 5.74. The summed E-state index contributed by atoms with van der Waals surface area (Å²) in [7, 11) is 0. The summed E-state index contributed by atoms with van der Waals surface area (Å²) < 4.78 is 6.34. The predicted octanol–water partition coefficient (Wildman–Crippen LogP) is 5.59. The van der Waals surface area contributed by atoms with Gasteiger partial charge in [-0.3, -0.25) is 0 Å². The Morgan fingerprint density at radius 1 is 1.00 bits per heavy atom. The van der Waals surface area contributed by atoms with Crippen molar-refractivity contribution in [3.8, 4) is 5.75 Å². The van der Waals surface area contributed by atoms with Crippen molar-refractivity contribution >= 4 is 22.5 Å². The average Bonchev–Trinajstić information content (AvgIpc) is 2.56. The van der Waals surface area contributed by atoms with Gasteiger partial charge >= 0.3 is 0 Å². The van der Waals surface area contributed by atoms with Crippen LogP contribution in [0.2, 0.25) is 0 Å². The first kappa shape index (κ1) is 13.7. The number of hydrogen-bond acceptors (Lipinski definition) is 2. The lowest BCUT2D eigenvalue weighted by Crippen LogP contribution is -2.20. The van der Waals surface area contributed by atoms with Crippen LogP contribution >= 0.6 is 11.8 Å². The summed E-state index contributed by atoms with van der Waals surface area (Å²) in [6, 6.07) is 21.4. The quantitative estimate of drug-likeness (QED) is 0.610. The van der Waals surface area contributed by atoms with Gasteiger partial charge < -0.3 is 4.74 Å². The van der Waals surface area contributed by atoms with Gasteiger partial charge in [0.2, 0.25) is 0 Å². The summed E-state index contributed by atoms with van der Waals surface area (Å²) >= 11 is 1.82. The van der Waals surface area contributed by atoms with E-state index < -0.39 is 0 Å². The minimum absolute atomic E-state index is 0.203. The molecule has 3 aromatic rings. The maximum Gasteiger partial charge on any atom is 0.149 e. The zero-order valence-corrected chi connectivity index (χ0v) is 13.4. The van der Waals surface area contributed by atoms with Crippen LogP contribution in [0.1, 0.15) is 17.5 Å². The van der Waals surface area contributed by atoms with Gasteiger partial charge in [-0.2, -0.15) is 0 Å². The molecule has 0 amide bonds. The van der Waals surface area contributed by atoms with Gasteiger partial charge in [-0.15, -0.1) is 0 Å². The smallest absolute Gasteiger partial charge is 0.149 e. The molecule has 1 aliphatic rings. The number of fused-ring (bicyclic) bond motifs is 3. The van der Waals surface area contributed by atoms with Gasteiger partial charge in [-0.25, -0.2) is 0 Å². The molecule has 3 aromatic carbocycles. The number of thioether (sulfide) groups is 1. The van der Waals surface area contributed by atoms with Crippen LogP contribution in [0, 0.1) is 6.92 Å². The first-order chi connectivity index (χ1) is 10.8. The monoisotopic (exact) mass is 306 g/mol. The second kappa shape index (κ2) is 5.69. The number of benzene rings is 3. The summed E-state index contributed by atoms with van der Waals surface area (Å²) in [6.45, 7) is 2.15. The normalized spacial score (nSPS) is 17.0. The van der Waals surface area contributed by atoms with Crippen LogP contribution in [0.3, 0.4) is 0 Å². The Morgan fingerprint density at radius 3 is 2.64 bits per heavy atom. The lowest BCUT2D eigenvalue weighted by molar-refractivity contribution is 0.255. The van der Waals surface area contributed by atoms with Crippen LogP contribution in [-0.4, -0.2) is 5.44 Å². The highest BCUT2D eigenvalue weighted by atomic mass is 32.2. The minimum Gasteiger partial charge on any atom is -0.479 e. The summed E-state index contributed by atoms with van der Waals surface area (Å²) in [5, 5.41) is 2.66. The Labute approximate surface area is 135 Å². The van der Waals surface area contributed by atoms with E-state index in [0.29, 0.717) is 0 Å². The Kier molecular flexibility index (Phi) is 3.55. The lowest BCUT2D eigenvalue weighted by Gasteiger charge is -2.28. The molecule has 0 spiro atoms. The molecule has 1 aliphatic heterocycles. The summed E-state index contributed by atoms with van der Waals surface area (Å²) in [5.74, 6) is 1.10. The summed E-state index contributed by atoms with van der Waals surface area (Å²) in [5.41, 5.74) is 2.82. The molecule has 0 N–H and O–H groups in total. The highest BCUT2D eigenvalue weighted by molar-refractivity contribution is 7.99. The highest BCUT2D eigenvalue weighted by Gasteiger charge is 2.23. The van der Waals surface area contributed by atoms with E-state index in [1.807, 2.05) is 11.8 Å². The van der Waals surface area contributed by atoms with Gasteiger partial charge in [0.15, 0.2) is 0 Å². The standard InChI is InChI=1S/C20H18OS/c1-14-13-15-7-5-6-10-17(15)18-11-12-19(21-20(14)18)22-16-8-3-2-4-9-16/h2-10,13,19H,11-12H2,1H3. The predicted molar refractivity (Wildman–Crippen MR) is 93.7 cm³/mol. The molecule has 110 valence electrons. The van der Waals surface area contributed by atoms with Gasteiger partial charge in [-0.05, 0) is 54.3 Å². The molecule has 0 bridgehead atoms. The number of hydrogen-bond donors (Lipinski definition) is 0. The average molecular weight is 306 g/mol. The molecule has 4 rings (SSSR count). The lowest BCUT2D eigenvalue weighted by atomic mass is 9.95. The van der Waals surface area contributed by atoms with E-state index in [1.54, 1.807) is 0 Å². The van der Waals surface area contributed by atoms with Crippen LogP contribution in [-0.2, 0) is 6.42 Å². The molecule has 1 nitrogen and oxygen atoms in total. The third-order valence-electron chi connectivity index (χ3n) is 4.18. The molecular weight excluding hydrogens is 288 g/mol. The first-order valence-corrected chi connectivity index (χ1v) is 8.59. The van der Waals surface area contributed by atoms with Gasteiger partial charge in [0, 0.05) is 10.5 Å². The molecule has 0 radical (unpaired) electrons. The minimum atomic E-state index is 0.203. The SMILES string of the molecule is Cc1cc2ccccc2c2c1OC(Sc1ccccc1)CC2. The van der Waals surface area contributed by atoms with E-state index in [0.717, 1.165) is 18.6 Å². The molecule has 1 unspecified atom stereocenters. The van der Waals surface area contributed by atoms with Crippen LogP contribution in [0.25, 0.3) is 10.8 Å². The van der Waals surface area contributed by atoms with Crippen molar-refractivity contribution in [1.29, 1.82) is 0 Å². The van der Waals surface area contributed by atoms with Crippen LogP contribution < -0.4 is 4.74 Å². The van der Waals surface area contributed by atoms with Gasteiger partial charge in [0.05, 0.1) is 0 Å². The van der Waals surface area contributed by atoms with Crippen molar-refractivity contribution in [2.75, 3.05) is 0 Å². The number of aryl methyl sites for hydroxylation is 2. The fourth-order valence-electron chi connectivity index (χ4n) is 3.16. The highest BCUT2D eigenvalue weighted by Crippen LogP contribution is 2.40. The van der Waals surface area contributed by atoms with Crippen molar-refractivity contribution in [1.82, 2.24) is 0 Å². The summed E-state index contributed by atoms with van der Waals surface area (Å²) in [4.78, 5) is 1.27. The molecule has 0 saturated carbocycles. The second-order valence-corrected chi connectivity index (χ2v) is 6.97. The van der Waals surface area contributed by atoms with Gasteiger partial charge in [0.1, 0.15) is 11.2 Å². The van der Waals surface area contributed by atoms with Crippen molar-refractivity contribution in [2.24, 2.45) is 0 Å². The zero-order chi connectivity index (χ0) is 14.9. The molecule has 0 saturated heterocycles. The van der Waals surface area contributed by atoms with E-state index in [9.17, 15) is 0 Å². The maximum absolute atomic E-state index is 6.34. The fourth-order valence-corrected chi connectivity index (χ4v) is 4.15. The van der Waals surface area contributed by atoms with Crippen molar-refractivity contribution in [3.63, 3.8) is 0 Å². The molecule has 22 heavy (non-hydrogen) atoms. The third-order valence-corrected chi connectivity index (χ3v) is 5.32. The van der Waals surface area contributed by atoms with Crippen molar-refractivity contribution in [3.05, 3.63) is 71.8 Å². The molecule has 0 aromatic heterocycles. The Morgan fingerprint density at radius 2 is 1.77 bits per heavy atom. The molecule has 1 atom stereocenters. The van der Waals surface area contributed by atoms with E-state index in [4.69, 9.17) is 4.74 Å². The molecule has 1 heterocycles. The maximum atomic E-state index is 6.34. The number of rotatable bonds is 2. The van der Waals surface area contributed by atoms with Crippen LogP contribution in [0.15, 0.2) is 65.6 Å². The molecule has 0 aliphatic carbocycles. The fraction of sp³-hybridized carbons (Fsp3) is 0.200. The van der Waals surface area contributed by atoms with E-state index in [-0.39, 0.29) is 5.44 Å². The molecule has 0 fully saturated rings. The Balaban J connectivity index is 1.67. The number of ether oxygens (including phenoxy) is 1. The summed E-state index contributed by atoms with van der Waals surface area (Å²) in [6.07, 6.45) is 2.14. The van der Waals surface area contributed by atoms with Crippen LogP contribution in [0.4, 0.5) is 0 Å². The van der Waals surface area contributed by atoms with Crippen molar-refractivity contribution in [2.45, 2.75) is 30.1 Å². The molecule has 2 heteroatoms. The van der Waals surface area contributed by atoms with Gasteiger partial charge in [0.25, 0.3) is 0 Å². The van der Waals surface area contributed by atoms with Gasteiger partial charge in [-0.1, -0.05) is 54.2 Å². The van der Waals surface area contributed by atoms with Crippen molar-refractivity contribution < 1.29 is 4.74 Å². The Bertz CT molecular complexity index is 811. The first-order valence-electron chi connectivity index (χ1n) is 7.71. The van der Waals surface area contributed by atoms with E-state index >= 15 is 0 Å². The van der Waals surface area contributed by atoms with Crippen LogP contribution in [0.5, 0.6) is 5.75 Å². The zero-order valence-electron chi connectivity index (χ0n) is 12.6. The third kappa shape index (κ3) is 2.48. The molecular formula is C20H18OS. The topological polar surface area (TPSA) is 9.23 Å².